The van der Waals surface area contributed by atoms with Gasteiger partial charge in [0.1, 0.15) is 5.69 Å². The van der Waals surface area contributed by atoms with Crippen LogP contribution in [0.2, 0.25) is 0 Å². The summed E-state index contributed by atoms with van der Waals surface area (Å²) in [7, 11) is 0. The Morgan fingerprint density at radius 2 is 2.17 bits per heavy atom. The zero-order valence-corrected chi connectivity index (χ0v) is 10.3. The van der Waals surface area contributed by atoms with Crippen molar-refractivity contribution in [2.24, 2.45) is 5.73 Å². The van der Waals surface area contributed by atoms with Crippen LogP contribution < -0.4 is 5.73 Å². The Morgan fingerprint density at radius 1 is 1.39 bits per heavy atom. The van der Waals surface area contributed by atoms with E-state index in [1.165, 1.54) is 6.20 Å². The van der Waals surface area contributed by atoms with Crippen molar-refractivity contribution in [2.75, 3.05) is 6.54 Å². The number of nitrogens with two attached hydrogens (primary N) is 1. The molecule has 0 bridgehead atoms. The molecule has 0 spiro atoms. The quantitative estimate of drug-likeness (QED) is 0.797. The number of ketones is 1. The molecule has 0 radical (unpaired) electrons. The molecular formula is C13H16N4O. The van der Waals surface area contributed by atoms with Crippen molar-refractivity contribution in [3.05, 3.63) is 47.3 Å². The summed E-state index contributed by atoms with van der Waals surface area (Å²) in [5, 5.41) is 7.66. The Morgan fingerprint density at radius 3 is 2.89 bits per heavy atom. The maximum Gasteiger partial charge on any atom is 0.212 e. The molecule has 1 heterocycles. The van der Waals surface area contributed by atoms with Crippen LogP contribution >= 0.6 is 0 Å². The average molecular weight is 244 g/mol. The number of carbonyl (C=O) groups is 1. The first-order chi connectivity index (χ1) is 8.77. The monoisotopic (exact) mass is 244 g/mol. The number of nitrogens with zero attached hydrogens (tertiary/aromatic N) is 3. The second kappa shape index (κ2) is 5.55. The molecule has 0 atom stereocenters. The fourth-order valence-corrected chi connectivity index (χ4v) is 1.92. The summed E-state index contributed by atoms with van der Waals surface area (Å²) in [6.45, 7) is 3.08. The molecule has 2 rings (SSSR count). The summed E-state index contributed by atoms with van der Waals surface area (Å²) < 4.78 is 1.60. The first-order valence-corrected chi connectivity index (χ1v) is 5.99. The summed E-state index contributed by atoms with van der Waals surface area (Å²) >= 11 is 0. The van der Waals surface area contributed by atoms with E-state index in [2.05, 4.69) is 10.3 Å². The smallest absolute Gasteiger partial charge is 0.212 e. The molecule has 0 aliphatic rings. The van der Waals surface area contributed by atoms with Crippen LogP contribution in [0.15, 0.2) is 30.5 Å². The van der Waals surface area contributed by atoms with Crippen LogP contribution in [0.25, 0.3) is 0 Å². The minimum atomic E-state index is -0.0501. The second-order valence-corrected chi connectivity index (χ2v) is 3.96. The molecule has 0 amide bonds. The van der Waals surface area contributed by atoms with E-state index in [1.54, 1.807) is 4.68 Å². The molecule has 0 aliphatic carbocycles. The van der Waals surface area contributed by atoms with Crippen molar-refractivity contribution < 1.29 is 4.79 Å². The topological polar surface area (TPSA) is 73.8 Å². The molecule has 0 fully saturated rings. The highest BCUT2D eigenvalue weighted by Crippen LogP contribution is 2.14. The van der Waals surface area contributed by atoms with Gasteiger partial charge in [-0.05, 0) is 25.5 Å². The molecule has 1 aromatic carbocycles. The Bertz CT molecular complexity index is 547. The van der Waals surface area contributed by atoms with Crippen molar-refractivity contribution >= 4 is 5.78 Å². The van der Waals surface area contributed by atoms with Crippen LogP contribution in [-0.4, -0.2) is 27.3 Å². The maximum atomic E-state index is 12.4. The van der Waals surface area contributed by atoms with Gasteiger partial charge < -0.3 is 5.73 Å². The fourth-order valence-electron chi connectivity index (χ4n) is 1.92. The van der Waals surface area contributed by atoms with Crippen molar-refractivity contribution in [1.82, 2.24) is 15.0 Å². The molecule has 18 heavy (non-hydrogen) atoms. The summed E-state index contributed by atoms with van der Waals surface area (Å²) in [5.41, 5.74) is 7.73. The van der Waals surface area contributed by atoms with Gasteiger partial charge in [-0.2, -0.15) is 0 Å². The normalized spacial score (nSPS) is 10.6. The van der Waals surface area contributed by atoms with Crippen molar-refractivity contribution in [2.45, 2.75) is 19.9 Å². The largest absolute Gasteiger partial charge is 0.330 e. The molecule has 0 unspecified atom stereocenters. The number of benzene rings is 1. The van der Waals surface area contributed by atoms with Crippen molar-refractivity contribution in [1.29, 1.82) is 0 Å². The summed E-state index contributed by atoms with van der Waals surface area (Å²) in [6, 6.07) is 7.52. The van der Waals surface area contributed by atoms with Crippen LogP contribution in [0.3, 0.4) is 0 Å². The Kier molecular flexibility index (Phi) is 3.84. The first-order valence-electron chi connectivity index (χ1n) is 5.99. The van der Waals surface area contributed by atoms with Crippen molar-refractivity contribution in [3.8, 4) is 0 Å². The standard InChI is InChI=1S/C13H16N4O/c1-2-17-12(9-15-16-17)13(18)11-6-4-3-5-10(11)7-8-14/h3-6,9H,2,7-8,14H2,1H3. The Balaban J connectivity index is 2.40. The Labute approximate surface area is 106 Å². The third-order valence-electron chi connectivity index (χ3n) is 2.83. The highest BCUT2D eigenvalue weighted by atomic mass is 16.1. The molecule has 5 nitrogen and oxygen atoms in total. The third-order valence-corrected chi connectivity index (χ3v) is 2.83. The van der Waals surface area contributed by atoms with Gasteiger partial charge >= 0.3 is 0 Å². The number of carbonyl (C=O) groups excluding carboxylic acids is 1. The number of hydrogen-bond acceptors (Lipinski definition) is 4. The molecule has 0 saturated carbocycles. The number of rotatable bonds is 5. The fraction of sp³-hybridized carbons (Fsp3) is 0.308. The molecule has 2 aromatic rings. The van der Waals surface area contributed by atoms with Gasteiger partial charge in [-0.1, -0.05) is 29.5 Å². The average Bonchev–Trinajstić information content (AvgIpc) is 2.87. The predicted molar refractivity (Wildman–Crippen MR) is 68.3 cm³/mol. The van der Waals surface area contributed by atoms with E-state index in [9.17, 15) is 4.79 Å². The Hall–Kier alpha value is -2.01. The lowest BCUT2D eigenvalue weighted by atomic mass is 9.99. The lowest BCUT2D eigenvalue weighted by molar-refractivity contribution is 0.102. The molecule has 2 N–H and O–H groups in total. The molecular weight excluding hydrogens is 228 g/mol. The number of aryl methyl sites for hydroxylation is 1. The summed E-state index contributed by atoms with van der Waals surface area (Å²) in [6.07, 6.45) is 2.20. The van der Waals surface area contributed by atoms with Gasteiger partial charge in [0.15, 0.2) is 0 Å². The maximum absolute atomic E-state index is 12.4. The van der Waals surface area contributed by atoms with Gasteiger partial charge in [0.25, 0.3) is 0 Å². The molecule has 94 valence electrons. The molecule has 1 aromatic heterocycles. The highest BCUT2D eigenvalue weighted by Gasteiger charge is 2.17. The SMILES string of the molecule is CCn1nncc1C(=O)c1ccccc1CCN. The summed E-state index contributed by atoms with van der Waals surface area (Å²) in [4.78, 5) is 12.4. The van der Waals surface area contributed by atoms with Gasteiger partial charge in [-0.25, -0.2) is 4.68 Å². The lowest BCUT2D eigenvalue weighted by Gasteiger charge is -2.07. The second-order valence-electron chi connectivity index (χ2n) is 3.96. The minimum absolute atomic E-state index is 0.0501. The number of aromatic nitrogens is 3. The van der Waals surface area contributed by atoms with Gasteiger partial charge in [0, 0.05) is 12.1 Å². The van der Waals surface area contributed by atoms with Gasteiger partial charge in [-0.15, -0.1) is 5.10 Å². The van der Waals surface area contributed by atoms with Crippen LogP contribution in [0.5, 0.6) is 0 Å². The van der Waals surface area contributed by atoms with Crippen molar-refractivity contribution in [3.63, 3.8) is 0 Å². The minimum Gasteiger partial charge on any atom is -0.330 e. The van der Waals surface area contributed by atoms with Crippen LogP contribution in [0, 0.1) is 0 Å². The van der Waals surface area contributed by atoms with Crippen LogP contribution in [0.1, 0.15) is 28.5 Å². The van der Waals surface area contributed by atoms with Gasteiger partial charge in [0.2, 0.25) is 5.78 Å². The lowest BCUT2D eigenvalue weighted by Crippen LogP contribution is -2.14. The zero-order valence-electron chi connectivity index (χ0n) is 10.3. The van der Waals surface area contributed by atoms with Crippen LogP contribution in [0.4, 0.5) is 0 Å². The van der Waals surface area contributed by atoms with Gasteiger partial charge in [0.05, 0.1) is 6.20 Å². The molecule has 5 heteroatoms. The summed E-state index contributed by atoms with van der Waals surface area (Å²) in [5.74, 6) is -0.0501. The highest BCUT2D eigenvalue weighted by molar-refractivity contribution is 6.08. The third kappa shape index (κ3) is 2.31. The van der Waals surface area contributed by atoms with E-state index in [-0.39, 0.29) is 5.78 Å². The zero-order chi connectivity index (χ0) is 13.0. The molecule has 0 aliphatic heterocycles. The van der Waals surface area contributed by atoms with E-state index >= 15 is 0 Å². The molecule has 0 saturated heterocycles. The van der Waals surface area contributed by atoms with E-state index < -0.39 is 0 Å². The van der Waals surface area contributed by atoms with E-state index in [0.29, 0.717) is 30.8 Å². The first kappa shape index (κ1) is 12.4. The van der Waals surface area contributed by atoms with Crippen LogP contribution in [-0.2, 0) is 13.0 Å². The predicted octanol–water partition coefficient (Wildman–Crippen LogP) is 1.03. The van der Waals surface area contributed by atoms with E-state index in [1.807, 2.05) is 31.2 Å². The number of hydrogen-bond donors (Lipinski definition) is 1. The van der Waals surface area contributed by atoms with E-state index in [0.717, 1.165) is 5.56 Å². The van der Waals surface area contributed by atoms with Gasteiger partial charge in [-0.3, -0.25) is 4.79 Å². The van der Waals surface area contributed by atoms with E-state index in [4.69, 9.17) is 5.73 Å².